The van der Waals surface area contributed by atoms with E-state index in [4.69, 9.17) is 4.74 Å². The van der Waals surface area contributed by atoms with Crippen molar-refractivity contribution in [2.24, 2.45) is 5.92 Å². The van der Waals surface area contributed by atoms with Crippen LogP contribution in [0.25, 0.3) is 0 Å². The number of ether oxygens (including phenoxy) is 1. The highest BCUT2D eigenvalue weighted by atomic mass is 19.1. The van der Waals surface area contributed by atoms with Gasteiger partial charge in [0.15, 0.2) is 11.6 Å². The molecule has 0 heterocycles. The maximum atomic E-state index is 14.0. The van der Waals surface area contributed by atoms with Crippen LogP contribution >= 0.6 is 0 Å². The van der Waals surface area contributed by atoms with Crippen molar-refractivity contribution in [1.29, 1.82) is 0 Å². The first kappa shape index (κ1) is 13.3. The molecular formula is C15H21FO2. The molecule has 1 aliphatic carbocycles. The zero-order chi connectivity index (χ0) is 13.0. The second-order valence-electron chi connectivity index (χ2n) is 5.18. The molecule has 100 valence electrons. The molecule has 0 saturated heterocycles. The molecule has 0 bridgehead atoms. The molecule has 2 atom stereocenters. The molecule has 3 heteroatoms. The van der Waals surface area contributed by atoms with Gasteiger partial charge in [0.2, 0.25) is 0 Å². The molecule has 1 aromatic rings. The molecule has 1 saturated carbocycles. The Morgan fingerprint density at radius 2 is 2.11 bits per heavy atom. The van der Waals surface area contributed by atoms with E-state index in [0.29, 0.717) is 23.7 Å². The molecule has 0 aliphatic heterocycles. The van der Waals surface area contributed by atoms with Crippen molar-refractivity contribution < 1.29 is 14.2 Å². The fraction of sp³-hybridized carbons (Fsp3) is 0.600. The molecule has 0 aromatic heterocycles. The molecule has 0 spiro atoms. The summed E-state index contributed by atoms with van der Waals surface area (Å²) in [5.41, 5.74) is 0.702. The van der Waals surface area contributed by atoms with Crippen LogP contribution < -0.4 is 4.74 Å². The fourth-order valence-electron chi connectivity index (χ4n) is 2.80. The van der Waals surface area contributed by atoms with Gasteiger partial charge in [-0.3, -0.25) is 0 Å². The first-order chi connectivity index (χ1) is 8.70. The second-order valence-corrected chi connectivity index (χ2v) is 5.18. The Labute approximate surface area is 108 Å². The summed E-state index contributed by atoms with van der Waals surface area (Å²) in [5.74, 6) is 0.435. The van der Waals surface area contributed by atoms with Crippen molar-refractivity contribution in [3.05, 3.63) is 29.6 Å². The Morgan fingerprint density at radius 3 is 2.89 bits per heavy atom. The number of methoxy groups -OCH3 is 1. The Kier molecular flexibility index (Phi) is 4.59. The SMILES string of the molecule is COc1cccc(CC2CCCCC(O)C2)c1F. The normalized spacial score (nSPS) is 24.6. The number of benzene rings is 1. The fourth-order valence-corrected chi connectivity index (χ4v) is 2.80. The number of hydrogen-bond acceptors (Lipinski definition) is 2. The largest absolute Gasteiger partial charge is 0.494 e. The van der Waals surface area contributed by atoms with Gasteiger partial charge >= 0.3 is 0 Å². The predicted octanol–water partition coefficient (Wildman–Crippen LogP) is 3.32. The monoisotopic (exact) mass is 252 g/mol. The van der Waals surface area contributed by atoms with E-state index in [1.165, 1.54) is 7.11 Å². The molecule has 1 aliphatic rings. The molecule has 1 aromatic carbocycles. The van der Waals surface area contributed by atoms with Crippen molar-refractivity contribution in [2.45, 2.75) is 44.6 Å². The van der Waals surface area contributed by atoms with Crippen molar-refractivity contribution in [1.82, 2.24) is 0 Å². The smallest absolute Gasteiger partial charge is 0.168 e. The average molecular weight is 252 g/mol. The Bertz CT molecular complexity index is 392. The highest BCUT2D eigenvalue weighted by molar-refractivity contribution is 5.31. The predicted molar refractivity (Wildman–Crippen MR) is 69.2 cm³/mol. The third kappa shape index (κ3) is 3.22. The summed E-state index contributed by atoms with van der Waals surface area (Å²) in [6.07, 6.45) is 5.44. The van der Waals surface area contributed by atoms with Gasteiger partial charge in [0, 0.05) is 0 Å². The molecule has 1 fully saturated rings. The minimum Gasteiger partial charge on any atom is -0.494 e. The third-order valence-electron chi connectivity index (χ3n) is 3.78. The van der Waals surface area contributed by atoms with Crippen molar-refractivity contribution >= 4 is 0 Å². The Morgan fingerprint density at radius 1 is 1.33 bits per heavy atom. The number of aliphatic hydroxyl groups is 1. The van der Waals surface area contributed by atoms with Crippen LogP contribution in [0.15, 0.2) is 18.2 Å². The van der Waals surface area contributed by atoms with Crippen LogP contribution in [0.5, 0.6) is 5.75 Å². The summed E-state index contributed by atoms with van der Waals surface area (Å²) in [7, 11) is 1.48. The summed E-state index contributed by atoms with van der Waals surface area (Å²) in [4.78, 5) is 0. The van der Waals surface area contributed by atoms with E-state index in [9.17, 15) is 9.50 Å². The van der Waals surface area contributed by atoms with Gasteiger partial charge in [-0.25, -0.2) is 4.39 Å². The summed E-state index contributed by atoms with van der Waals surface area (Å²) in [6.45, 7) is 0. The van der Waals surface area contributed by atoms with Crippen molar-refractivity contribution in [3.8, 4) is 5.75 Å². The van der Waals surface area contributed by atoms with Crippen LogP contribution in [-0.4, -0.2) is 18.3 Å². The zero-order valence-electron chi connectivity index (χ0n) is 10.9. The molecule has 0 amide bonds. The molecular weight excluding hydrogens is 231 g/mol. The van der Waals surface area contributed by atoms with Gasteiger partial charge in [-0.15, -0.1) is 0 Å². The lowest BCUT2D eigenvalue weighted by atomic mass is 9.91. The first-order valence-electron chi connectivity index (χ1n) is 6.70. The van der Waals surface area contributed by atoms with E-state index in [1.54, 1.807) is 6.07 Å². The van der Waals surface area contributed by atoms with E-state index in [2.05, 4.69) is 0 Å². The van der Waals surface area contributed by atoms with Crippen LogP contribution in [0.1, 0.15) is 37.7 Å². The Hall–Kier alpha value is -1.09. The summed E-state index contributed by atoms with van der Waals surface area (Å²) >= 11 is 0. The van der Waals surface area contributed by atoms with Gasteiger partial charge < -0.3 is 9.84 Å². The first-order valence-corrected chi connectivity index (χ1v) is 6.70. The lowest BCUT2D eigenvalue weighted by Crippen LogP contribution is -2.13. The van der Waals surface area contributed by atoms with E-state index >= 15 is 0 Å². The third-order valence-corrected chi connectivity index (χ3v) is 3.78. The minimum absolute atomic E-state index is 0.217. The standard InChI is InChI=1S/C15H21FO2/c1-18-14-8-4-6-12(15(14)16)9-11-5-2-3-7-13(17)10-11/h4,6,8,11,13,17H,2-3,5,7,9-10H2,1H3. The zero-order valence-corrected chi connectivity index (χ0v) is 10.9. The number of aliphatic hydroxyl groups excluding tert-OH is 1. The molecule has 1 N–H and O–H groups in total. The quantitative estimate of drug-likeness (QED) is 0.836. The highest BCUT2D eigenvalue weighted by Gasteiger charge is 2.20. The van der Waals surface area contributed by atoms with E-state index in [0.717, 1.165) is 32.1 Å². The van der Waals surface area contributed by atoms with Gasteiger partial charge in [0.25, 0.3) is 0 Å². The van der Waals surface area contributed by atoms with Crippen LogP contribution in [0.3, 0.4) is 0 Å². The van der Waals surface area contributed by atoms with Gasteiger partial charge in [-0.1, -0.05) is 31.4 Å². The summed E-state index contributed by atoms with van der Waals surface area (Å²) in [5, 5.41) is 9.79. The molecule has 2 nitrogen and oxygen atoms in total. The van der Waals surface area contributed by atoms with E-state index in [-0.39, 0.29) is 11.9 Å². The van der Waals surface area contributed by atoms with Crippen LogP contribution in [-0.2, 0) is 6.42 Å². The highest BCUT2D eigenvalue weighted by Crippen LogP contribution is 2.29. The van der Waals surface area contributed by atoms with Gasteiger partial charge in [0.05, 0.1) is 13.2 Å². The van der Waals surface area contributed by atoms with Crippen LogP contribution in [0, 0.1) is 11.7 Å². The topological polar surface area (TPSA) is 29.5 Å². The molecule has 0 radical (unpaired) electrons. The number of hydrogen-bond donors (Lipinski definition) is 1. The molecule has 18 heavy (non-hydrogen) atoms. The molecule has 2 unspecified atom stereocenters. The Balaban J connectivity index is 2.08. The van der Waals surface area contributed by atoms with Crippen molar-refractivity contribution in [3.63, 3.8) is 0 Å². The van der Waals surface area contributed by atoms with Crippen LogP contribution in [0.2, 0.25) is 0 Å². The summed E-state index contributed by atoms with van der Waals surface area (Å²) in [6, 6.07) is 5.28. The lowest BCUT2D eigenvalue weighted by molar-refractivity contribution is 0.141. The lowest BCUT2D eigenvalue weighted by Gasteiger charge is -2.17. The van der Waals surface area contributed by atoms with Crippen LogP contribution in [0.4, 0.5) is 4.39 Å². The van der Waals surface area contributed by atoms with Gasteiger partial charge in [0.1, 0.15) is 0 Å². The molecule has 2 rings (SSSR count). The van der Waals surface area contributed by atoms with E-state index in [1.807, 2.05) is 12.1 Å². The van der Waals surface area contributed by atoms with Gasteiger partial charge in [-0.2, -0.15) is 0 Å². The number of rotatable bonds is 3. The number of halogens is 1. The summed E-state index contributed by atoms with van der Waals surface area (Å²) < 4.78 is 19.0. The minimum atomic E-state index is -0.251. The maximum Gasteiger partial charge on any atom is 0.168 e. The average Bonchev–Trinajstić information content (AvgIpc) is 2.56. The van der Waals surface area contributed by atoms with Gasteiger partial charge in [-0.05, 0) is 36.8 Å². The second kappa shape index (κ2) is 6.19. The van der Waals surface area contributed by atoms with E-state index < -0.39 is 0 Å². The maximum absolute atomic E-state index is 14.0. The van der Waals surface area contributed by atoms with Crippen molar-refractivity contribution in [2.75, 3.05) is 7.11 Å².